The second-order valence-electron chi connectivity index (χ2n) is 4.31. The molecule has 0 amide bonds. The van der Waals surface area contributed by atoms with Gasteiger partial charge in [0.2, 0.25) is 0 Å². The summed E-state index contributed by atoms with van der Waals surface area (Å²) in [7, 11) is 0. The summed E-state index contributed by atoms with van der Waals surface area (Å²) < 4.78 is 0. The van der Waals surface area contributed by atoms with Crippen molar-refractivity contribution in [1.82, 2.24) is 0 Å². The van der Waals surface area contributed by atoms with Crippen molar-refractivity contribution in [3.05, 3.63) is 11.8 Å². The Balaban J connectivity index is 2.40. The van der Waals surface area contributed by atoms with E-state index >= 15 is 0 Å². The van der Waals surface area contributed by atoms with Crippen LogP contribution in [0.15, 0.2) is 26.8 Å². The molecular formula is C10H13N3. The topological polar surface area (TPSA) is 37.1 Å². The molecule has 0 aromatic rings. The molecule has 2 heterocycles. The lowest BCUT2D eigenvalue weighted by atomic mass is 9.81. The maximum absolute atomic E-state index is 4.27. The molecule has 13 heavy (non-hydrogen) atoms. The molecule has 0 fully saturated rings. The molecule has 0 aromatic heterocycles. The van der Waals surface area contributed by atoms with Crippen LogP contribution < -0.4 is 0 Å². The van der Waals surface area contributed by atoms with Crippen molar-refractivity contribution in [3.63, 3.8) is 0 Å². The van der Waals surface area contributed by atoms with Crippen molar-refractivity contribution >= 4 is 18.3 Å². The second kappa shape index (κ2) is 2.62. The summed E-state index contributed by atoms with van der Waals surface area (Å²) in [6.45, 7) is 6.49. The Morgan fingerprint density at radius 3 is 2.77 bits per heavy atom. The standard InChI is InChI=1S/C10H13N3/c1-10(2,3)7-4-11-5-8-9(7)13-6-12-8/h4-6,8H,1-3H3. The third kappa shape index (κ3) is 1.34. The van der Waals surface area contributed by atoms with Crippen LogP contribution in [0.1, 0.15) is 20.8 Å². The molecule has 0 saturated carbocycles. The molecule has 2 aliphatic heterocycles. The van der Waals surface area contributed by atoms with Gasteiger partial charge in [-0.05, 0) is 11.0 Å². The minimum Gasteiger partial charge on any atom is -0.266 e. The molecule has 0 saturated heterocycles. The number of hydrogen-bond donors (Lipinski definition) is 0. The monoisotopic (exact) mass is 175 g/mol. The number of nitrogens with zero attached hydrogens (tertiary/aromatic N) is 3. The molecule has 0 aromatic carbocycles. The Morgan fingerprint density at radius 2 is 2.08 bits per heavy atom. The molecule has 0 aliphatic carbocycles. The van der Waals surface area contributed by atoms with Gasteiger partial charge < -0.3 is 0 Å². The average Bonchev–Trinajstić information content (AvgIpc) is 2.48. The van der Waals surface area contributed by atoms with Crippen LogP contribution >= 0.6 is 0 Å². The smallest absolute Gasteiger partial charge is 0.129 e. The molecule has 2 rings (SSSR count). The van der Waals surface area contributed by atoms with Gasteiger partial charge in [0.1, 0.15) is 12.4 Å². The van der Waals surface area contributed by atoms with E-state index in [1.54, 1.807) is 6.34 Å². The quantitative estimate of drug-likeness (QED) is 0.539. The van der Waals surface area contributed by atoms with Crippen LogP contribution in [0, 0.1) is 5.41 Å². The van der Waals surface area contributed by atoms with Gasteiger partial charge in [0, 0.05) is 12.4 Å². The molecule has 3 heteroatoms. The van der Waals surface area contributed by atoms with Crippen LogP contribution in [0.25, 0.3) is 0 Å². The maximum Gasteiger partial charge on any atom is 0.129 e. The molecule has 68 valence electrons. The molecule has 0 N–H and O–H groups in total. The predicted octanol–water partition coefficient (Wildman–Crippen LogP) is 1.85. The largest absolute Gasteiger partial charge is 0.266 e. The molecule has 3 nitrogen and oxygen atoms in total. The fourth-order valence-corrected chi connectivity index (χ4v) is 1.50. The highest BCUT2D eigenvalue weighted by atomic mass is 15.0. The Hall–Kier alpha value is -1.25. The summed E-state index contributed by atoms with van der Waals surface area (Å²) in [6, 6.07) is 0.0687. The Morgan fingerprint density at radius 1 is 1.31 bits per heavy atom. The van der Waals surface area contributed by atoms with Crippen molar-refractivity contribution in [2.75, 3.05) is 0 Å². The van der Waals surface area contributed by atoms with Crippen molar-refractivity contribution in [2.45, 2.75) is 26.8 Å². The first-order valence-electron chi connectivity index (χ1n) is 4.43. The Kier molecular flexibility index (Phi) is 1.68. The van der Waals surface area contributed by atoms with Crippen LogP contribution in [0.5, 0.6) is 0 Å². The van der Waals surface area contributed by atoms with Crippen LogP contribution in [0.3, 0.4) is 0 Å². The van der Waals surface area contributed by atoms with Gasteiger partial charge in [-0.2, -0.15) is 0 Å². The SMILES string of the molecule is CC(C)(C)C1=CN=CC2N=CN=C12. The van der Waals surface area contributed by atoms with Crippen molar-refractivity contribution in [3.8, 4) is 0 Å². The lowest BCUT2D eigenvalue weighted by molar-refractivity contribution is 0.521. The van der Waals surface area contributed by atoms with Crippen molar-refractivity contribution < 1.29 is 0 Å². The summed E-state index contributed by atoms with van der Waals surface area (Å²) in [5, 5.41) is 0. The summed E-state index contributed by atoms with van der Waals surface area (Å²) in [5.74, 6) is 0. The summed E-state index contributed by atoms with van der Waals surface area (Å²) in [5.41, 5.74) is 2.35. The number of hydrogen-bond acceptors (Lipinski definition) is 3. The lowest BCUT2D eigenvalue weighted by Crippen LogP contribution is -2.28. The van der Waals surface area contributed by atoms with E-state index in [9.17, 15) is 0 Å². The first-order valence-corrected chi connectivity index (χ1v) is 4.43. The molecule has 1 atom stereocenters. The summed E-state index contributed by atoms with van der Waals surface area (Å²) >= 11 is 0. The van der Waals surface area contributed by atoms with Gasteiger partial charge in [-0.15, -0.1) is 0 Å². The number of aliphatic imine (C=N–C) groups is 3. The first kappa shape index (κ1) is 8.35. The van der Waals surface area contributed by atoms with Gasteiger partial charge >= 0.3 is 0 Å². The van der Waals surface area contributed by atoms with Gasteiger partial charge in [-0.1, -0.05) is 20.8 Å². The van der Waals surface area contributed by atoms with E-state index in [0.29, 0.717) is 0 Å². The maximum atomic E-state index is 4.27. The average molecular weight is 175 g/mol. The summed E-state index contributed by atoms with van der Waals surface area (Å²) in [6.07, 6.45) is 5.35. The van der Waals surface area contributed by atoms with Gasteiger partial charge in [0.15, 0.2) is 0 Å². The molecular weight excluding hydrogens is 162 g/mol. The van der Waals surface area contributed by atoms with Crippen LogP contribution in [-0.4, -0.2) is 24.3 Å². The molecule has 2 aliphatic rings. The molecule has 0 radical (unpaired) electrons. The highest BCUT2D eigenvalue weighted by Crippen LogP contribution is 2.30. The number of fused-ring (bicyclic) bond motifs is 1. The highest BCUT2D eigenvalue weighted by molar-refractivity contribution is 6.19. The molecule has 0 spiro atoms. The third-order valence-corrected chi connectivity index (χ3v) is 2.22. The Labute approximate surface area is 78.0 Å². The molecule has 1 unspecified atom stereocenters. The van der Waals surface area contributed by atoms with Gasteiger partial charge in [0.25, 0.3) is 0 Å². The van der Waals surface area contributed by atoms with E-state index < -0.39 is 0 Å². The fourth-order valence-electron chi connectivity index (χ4n) is 1.50. The first-order chi connectivity index (χ1) is 6.09. The lowest BCUT2D eigenvalue weighted by Gasteiger charge is -2.25. The Bertz CT molecular complexity index is 340. The fraction of sp³-hybridized carbons (Fsp3) is 0.500. The van der Waals surface area contributed by atoms with Crippen LogP contribution in [0.2, 0.25) is 0 Å². The van der Waals surface area contributed by atoms with Gasteiger partial charge in [0.05, 0.1) is 5.71 Å². The number of rotatable bonds is 0. The van der Waals surface area contributed by atoms with Crippen LogP contribution in [-0.2, 0) is 0 Å². The predicted molar refractivity (Wildman–Crippen MR) is 55.7 cm³/mol. The molecule has 0 bridgehead atoms. The van der Waals surface area contributed by atoms with E-state index in [1.165, 1.54) is 5.57 Å². The highest BCUT2D eigenvalue weighted by Gasteiger charge is 2.30. The van der Waals surface area contributed by atoms with Gasteiger partial charge in [-0.25, -0.2) is 4.99 Å². The van der Waals surface area contributed by atoms with Crippen molar-refractivity contribution in [1.29, 1.82) is 0 Å². The second-order valence-corrected chi connectivity index (χ2v) is 4.31. The minimum absolute atomic E-state index is 0.0687. The minimum atomic E-state index is 0.0687. The van der Waals surface area contributed by atoms with E-state index in [-0.39, 0.29) is 11.5 Å². The van der Waals surface area contributed by atoms with Gasteiger partial charge in [-0.3, -0.25) is 9.98 Å². The third-order valence-electron chi connectivity index (χ3n) is 2.22. The van der Waals surface area contributed by atoms with E-state index in [2.05, 4.69) is 35.7 Å². The van der Waals surface area contributed by atoms with E-state index in [4.69, 9.17) is 0 Å². The zero-order valence-electron chi connectivity index (χ0n) is 8.15. The zero-order chi connectivity index (χ0) is 9.47. The van der Waals surface area contributed by atoms with E-state index in [0.717, 1.165) is 5.71 Å². The van der Waals surface area contributed by atoms with Crippen LogP contribution in [0.4, 0.5) is 0 Å². The zero-order valence-corrected chi connectivity index (χ0v) is 8.15. The van der Waals surface area contributed by atoms with E-state index in [1.807, 2.05) is 12.4 Å². The normalized spacial score (nSPS) is 25.6. The van der Waals surface area contributed by atoms with Crippen molar-refractivity contribution in [2.24, 2.45) is 20.4 Å². The summed E-state index contributed by atoms with van der Waals surface area (Å²) in [4.78, 5) is 12.7.